The molecule has 0 aliphatic heterocycles. The molecule has 0 radical (unpaired) electrons. The summed E-state index contributed by atoms with van der Waals surface area (Å²) in [5, 5.41) is 18.3. The van der Waals surface area contributed by atoms with Crippen molar-refractivity contribution in [2.45, 2.75) is 206 Å². The SMILES string of the molecule is CCCCC/C=C\C/C=C\CCCCCCCCCCCC(=O)OC(COC(=O)CCCCCCC/C=C\CCCCCC)COP(=O)(O)OCC(O)CO. The van der Waals surface area contributed by atoms with Gasteiger partial charge in [0.25, 0.3) is 0 Å². The van der Waals surface area contributed by atoms with Gasteiger partial charge in [0.15, 0.2) is 6.10 Å². The maximum atomic E-state index is 12.6. The second-order valence-corrected chi connectivity index (χ2v) is 16.2. The van der Waals surface area contributed by atoms with Crippen molar-refractivity contribution < 1.29 is 47.8 Å². The van der Waals surface area contributed by atoms with Crippen LogP contribution < -0.4 is 0 Å². The highest BCUT2D eigenvalue weighted by molar-refractivity contribution is 7.47. The molecule has 0 bridgehead atoms. The van der Waals surface area contributed by atoms with E-state index in [0.717, 1.165) is 70.6 Å². The Hall–Kier alpha value is -1.81. The molecule has 0 aromatic heterocycles. The van der Waals surface area contributed by atoms with E-state index in [1.165, 1.54) is 83.5 Å². The Bertz CT molecular complexity index is 1010. The molecule has 0 heterocycles. The van der Waals surface area contributed by atoms with E-state index in [1.54, 1.807) is 0 Å². The molecule has 3 unspecified atom stereocenters. The summed E-state index contributed by atoms with van der Waals surface area (Å²) in [5.41, 5.74) is 0. The van der Waals surface area contributed by atoms with Crippen LogP contribution in [0, 0.1) is 0 Å². The van der Waals surface area contributed by atoms with E-state index in [4.69, 9.17) is 19.1 Å². The molecule has 0 saturated heterocycles. The zero-order valence-corrected chi connectivity index (χ0v) is 35.8. The number of unbranched alkanes of at least 4 members (excludes halogenated alkanes) is 21. The van der Waals surface area contributed by atoms with Crippen LogP contribution in [0.2, 0.25) is 0 Å². The summed E-state index contributed by atoms with van der Waals surface area (Å²) in [4.78, 5) is 35.0. The van der Waals surface area contributed by atoms with Crippen molar-refractivity contribution in [2.24, 2.45) is 0 Å². The lowest BCUT2D eigenvalue weighted by Gasteiger charge is -2.20. The molecule has 0 aromatic carbocycles. The lowest BCUT2D eigenvalue weighted by atomic mass is 10.1. The molecule has 3 atom stereocenters. The third-order valence-corrected chi connectivity index (χ3v) is 10.2. The molecule has 322 valence electrons. The van der Waals surface area contributed by atoms with Gasteiger partial charge in [-0.1, -0.05) is 147 Å². The van der Waals surface area contributed by atoms with Crippen LogP contribution in [0.5, 0.6) is 0 Å². The molecule has 3 N–H and O–H groups in total. The molecule has 0 aromatic rings. The van der Waals surface area contributed by atoms with Crippen LogP contribution in [0.25, 0.3) is 0 Å². The third-order valence-electron chi connectivity index (χ3n) is 9.27. The minimum atomic E-state index is -4.62. The second kappa shape index (κ2) is 40.4. The first kappa shape index (κ1) is 53.2. The number of rotatable bonds is 41. The topological polar surface area (TPSA) is 149 Å². The van der Waals surface area contributed by atoms with E-state index in [1.807, 2.05) is 0 Å². The molecule has 0 fully saturated rings. The fourth-order valence-corrected chi connectivity index (χ4v) is 6.63. The van der Waals surface area contributed by atoms with Crippen molar-refractivity contribution >= 4 is 19.8 Å². The number of hydrogen-bond donors (Lipinski definition) is 3. The van der Waals surface area contributed by atoms with E-state index in [0.29, 0.717) is 12.8 Å². The van der Waals surface area contributed by atoms with Gasteiger partial charge >= 0.3 is 19.8 Å². The van der Waals surface area contributed by atoms with Crippen LogP contribution in [0.15, 0.2) is 36.5 Å². The van der Waals surface area contributed by atoms with Crippen LogP contribution >= 0.6 is 7.82 Å². The second-order valence-electron chi connectivity index (χ2n) is 14.7. The smallest absolute Gasteiger partial charge is 0.462 e. The van der Waals surface area contributed by atoms with Gasteiger partial charge in [-0.3, -0.25) is 18.6 Å². The summed E-state index contributed by atoms with van der Waals surface area (Å²) >= 11 is 0. The van der Waals surface area contributed by atoms with Gasteiger partial charge in [0, 0.05) is 12.8 Å². The van der Waals surface area contributed by atoms with Gasteiger partial charge in [-0.05, 0) is 70.6 Å². The van der Waals surface area contributed by atoms with Crippen molar-refractivity contribution in [3.8, 4) is 0 Å². The van der Waals surface area contributed by atoms with Crippen LogP contribution in [-0.4, -0.2) is 65.7 Å². The molecular formula is C44H81O10P. The Morgan fingerprint density at radius 1 is 0.545 bits per heavy atom. The van der Waals surface area contributed by atoms with Gasteiger partial charge in [-0.25, -0.2) is 4.57 Å². The molecule has 0 saturated carbocycles. The Morgan fingerprint density at radius 2 is 0.945 bits per heavy atom. The largest absolute Gasteiger partial charge is 0.472 e. The standard InChI is InChI=1S/C44H81O10P/c1-3-5-7-9-11-13-15-17-18-19-20-21-22-24-26-28-30-32-34-36-44(48)54-42(40-53-55(49,50)52-38-41(46)37-45)39-51-43(47)35-33-31-29-27-25-23-16-14-12-10-8-6-4-2/h11,13-14,16-18,41-42,45-46H,3-10,12,15,19-40H2,1-2H3,(H,49,50)/b13-11-,16-14-,18-17-. The number of phosphoric acid groups is 1. The van der Waals surface area contributed by atoms with Gasteiger partial charge in [0.2, 0.25) is 0 Å². The van der Waals surface area contributed by atoms with Gasteiger partial charge in [-0.2, -0.15) is 0 Å². The minimum Gasteiger partial charge on any atom is -0.462 e. The van der Waals surface area contributed by atoms with E-state index in [9.17, 15) is 24.2 Å². The molecule has 11 heteroatoms. The molecule has 0 rings (SSSR count). The number of hydrogen-bond acceptors (Lipinski definition) is 9. The monoisotopic (exact) mass is 801 g/mol. The fourth-order valence-electron chi connectivity index (χ4n) is 5.84. The predicted octanol–water partition coefficient (Wildman–Crippen LogP) is 11.6. The summed E-state index contributed by atoms with van der Waals surface area (Å²) in [6, 6.07) is 0. The summed E-state index contributed by atoms with van der Waals surface area (Å²) in [6.07, 6.45) is 41.0. The van der Waals surface area contributed by atoms with Crippen molar-refractivity contribution in [1.29, 1.82) is 0 Å². The number of carbonyl (C=O) groups excluding carboxylic acids is 2. The number of ether oxygens (including phenoxy) is 2. The molecule has 55 heavy (non-hydrogen) atoms. The highest BCUT2D eigenvalue weighted by atomic mass is 31.2. The maximum absolute atomic E-state index is 12.6. The summed E-state index contributed by atoms with van der Waals surface area (Å²) in [6.45, 7) is 2.33. The number of phosphoric ester groups is 1. The number of allylic oxidation sites excluding steroid dienone is 6. The Kier molecular flexibility index (Phi) is 39.1. The molecule has 0 aliphatic carbocycles. The maximum Gasteiger partial charge on any atom is 0.472 e. The Balaban J connectivity index is 4.28. The molecule has 0 amide bonds. The van der Waals surface area contributed by atoms with Gasteiger partial charge in [-0.15, -0.1) is 0 Å². The lowest BCUT2D eigenvalue weighted by molar-refractivity contribution is -0.161. The summed E-state index contributed by atoms with van der Waals surface area (Å²) < 4.78 is 32.7. The minimum absolute atomic E-state index is 0.178. The number of esters is 2. The average molecular weight is 801 g/mol. The Labute approximate surface area is 335 Å². The van der Waals surface area contributed by atoms with Crippen LogP contribution in [0.3, 0.4) is 0 Å². The fraction of sp³-hybridized carbons (Fsp3) is 0.818. The summed E-state index contributed by atoms with van der Waals surface area (Å²) in [5.74, 6) is -0.938. The number of aliphatic hydroxyl groups is 2. The predicted molar refractivity (Wildman–Crippen MR) is 224 cm³/mol. The normalized spacial score (nSPS) is 14.2. The van der Waals surface area contributed by atoms with E-state index in [-0.39, 0.29) is 19.4 Å². The van der Waals surface area contributed by atoms with Gasteiger partial charge in [0.05, 0.1) is 19.8 Å². The quantitative estimate of drug-likeness (QED) is 0.0236. The zero-order valence-electron chi connectivity index (χ0n) is 34.9. The van der Waals surface area contributed by atoms with Crippen LogP contribution in [0.4, 0.5) is 0 Å². The number of carbonyl (C=O) groups is 2. The van der Waals surface area contributed by atoms with Gasteiger partial charge in [0.1, 0.15) is 12.7 Å². The molecular weight excluding hydrogens is 719 g/mol. The first-order valence-electron chi connectivity index (χ1n) is 21.9. The van der Waals surface area contributed by atoms with Crippen molar-refractivity contribution in [3.05, 3.63) is 36.5 Å². The molecule has 10 nitrogen and oxygen atoms in total. The third kappa shape index (κ3) is 40.2. The zero-order chi connectivity index (χ0) is 40.5. The van der Waals surface area contributed by atoms with Crippen LogP contribution in [-0.2, 0) is 32.7 Å². The van der Waals surface area contributed by atoms with E-state index >= 15 is 0 Å². The number of aliphatic hydroxyl groups excluding tert-OH is 2. The van der Waals surface area contributed by atoms with Crippen LogP contribution in [0.1, 0.15) is 194 Å². The average Bonchev–Trinajstić information content (AvgIpc) is 3.17. The van der Waals surface area contributed by atoms with Crippen molar-refractivity contribution in [1.82, 2.24) is 0 Å². The van der Waals surface area contributed by atoms with E-state index < -0.39 is 51.8 Å². The van der Waals surface area contributed by atoms with E-state index in [2.05, 4.69) is 54.8 Å². The molecule has 0 aliphatic rings. The first-order chi connectivity index (χ1) is 26.7. The van der Waals surface area contributed by atoms with Crippen molar-refractivity contribution in [2.75, 3.05) is 26.4 Å². The highest BCUT2D eigenvalue weighted by Gasteiger charge is 2.27. The Morgan fingerprint density at radius 3 is 1.45 bits per heavy atom. The summed E-state index contributed by atoms with van der Waals surface area (Å²) in [7, 11) is -4.62. The molecule has 0 spiro atoms. The van der Waals surface area contributed by atoms with Gasteiger partial charge < -0.3 is 24.6 Å². The highest BCUT2D eigenvalue weighted by Crippen LogP contribution is 2.43. The first-order valence-corrected chi connectivity index (χ1v) is 23.4. The van der Waals surface area contributed by atoms with Crippen molar-refractivity contribution in [3.63, 3.8) is 0 Å². The lowest BCUT2D eigenvalue weighted by Crippen LogP contribution is -2.29.